The first kappa shape index (κ1) is 18.8. The Morgan fingerprint density at radius 2 is 2.04 bits per heavy atom. The molecule has 0 aliphatic rings. The van der Waals surface area contributed by atoms with Crippen molar-refractivity contribution in [2.75, 3.05) is 19.5 Å². The Labute approximate surface area is 147 Å². The fraction of sp³-hybridized carbons (Fsp3) is 0.444. The number of hydrogen-bond acceptors (Lipinski definition) is 6. The Bertz CT molecular complexity index is 714. The van der Waals surface area contributed by atoms with Crippen molar-refractivity contribution < 1.29 is 18.8 Å². The molecule has 0 saturated heterocycles. The molecule has 2 N–H and O–H groups in total. The molecule has 0 radical (unpaired) electrons. The van der Waals surface area contributed by atoms with Crippen LogP contribution in [-0.4, -0.2) is 31.3 Å². The summed E-state index contributed by atoms with van der Waals surface area (Å²) >= 11 is 0. The first-order valence-corrected chi connectivity index (χ1v) is 8.20. The van der Waals surface area contributed by atoms with Gasteiger partial charge in [0.15, 0.2) is 5.82 Å². The number of methoxy groups -OCH3 is 2. The van der Waals surface area contributed by atoms with E-state index >= 15 is 0 Å². The number of amides is 1. The van der Waals surface area contributed by atoms with Gasteiger partial charge in [-0.2, -0.15) is 0 Å². The van der Waals surface area contributed by atoms with E-state index in [1.165, 1.54) is 0 Å². The number of aryl methyl sites for hydroxylation is 1. The van der Waals surface area contributed by atoms with Crippen LogP contribution < -0.4 is 20.1 Å². The summed E-state index contributed by atoms with van der Waals surface area (Å²) < 4.78 is 15.7. The van der Waals surface area contributed by atoms with E-state index in [-0.39, 0.29) is 18.0 Å². The zero-order chi connectivity index (χ0) is 18.4. The van der Waals surface area contributed by atoms with E-state index in [4.69, 9.17) is 14.0 Å². The van der Waals surface area contributed by atoms with Gasteiger partial charge in [-0.05, 0) is 38.5 Å². The smallest absolute Gasteiger partial charge is 0.242 e. The molecular formula is C18H25N3O4. The van der Waals surface area contributed by atoms with Crippen LogP contribution in [0.3, 0.4) is 0 Å². The molecule has 136 valence electrons. The molecule has 0 unspecified atom stereocenters. The molecule has 0 bridgehead atoms. The van der Waals surface area contributed by atoms with Gasteiger partial charge in [0, 0.05) is 17.7 Å². The molecule has 2 rings (SSSR count). The molecule has 0 aliphatic heterocycles. The number of aromatic nitrogens is 1. The van der Waals surface area contributed by atoms with Gasteiger partial charge in [-0.3, -0.25) is 10.1 Å². The summed E-state index contributed by atoms with van der Waals surface area (Å²) in [4.78, 5) is 12.5. The van der Waals surface area contributed by atoms with Gasteiger partial charge in [-0.15, -0.1) is 0 Å². The number of benzene rings is 1. The van der Waals surface area contributed by atoms with Crippen molar-refractivity contribution in [3.63, 3.8) is 0 Å². The maximum atomic E-state index is 12.5. The van der Waals surface area contributed by atoms with Crippen molar-refractivity contribution in [2.24, 2.45) is 0 Å². The minimum atomic E-state index is -0.386. The molecule has 7 nitrogen and oxygen atoms in total. The van der Waals surface area contributed by atoms with Crippen LogP contribution in [0.1, 0.15) is 37.6 Å². The number of nitrogens with one attached hydrogen (secondary N) is 2. The van der Waals surface area contributed by atoms with Crippen LogP contribution in [0.4, 0.5) is 5.82 Å². The van der Waals surface area contributed by atoms with Crippen molar-refractivity contribution in [3.05, 3.63) is 35.6 Å². The second kappa shape index (κ2) is 8.53. The van der Waals surface area contributed by atoms with Crippen molar-refractivity contribution in [1.29, 1.82) is 0 Å². The average Bonchev–Trinajstić information content (AvgIpc) is 3.03. The van der Waals surface area contributed by atoms with Gasteiger partial charge in [0.25, 0.3) is 0 Å². The number of anilines is 1. The molecule has 0 fully saturated rings. The molecule has 1 aromatic heterocycles. The van der Waals surface area contributed by atoms with Crippen LogP contribution in [0.2, 0.25) is 0 Å². The predicted octanol–water partition coefficient (Wildman–Crippen LogP) is 3.07. The Hall–Kier alpha value is -2.54. The molecule has 1 amide bonds. The lowest BCUT2D eigenvalue weighted by Gasteiger charge is -2.23. The lowest BCUT2D eigenvalue weighted by atomic mass is 10.0. The Morgan fingerprint density at radius 3 is 2.60 bits per heavy atom. The highest BCUT2D eigenvalue weighted by Gasteiger charge is 2.22. The third-order valence-electron chi connectivity index (χ3n) is 3.96. The normalized spacial score (nSPS) is 13.2. The maximum Gasteiger partial charge on any atom is 0.242 e. The zero-order valence-electron chi connectivity index (χ0n) is 15.3. The van der Waals surface area contributed by atoms with E-state index in [1.54, 1.807) is 27.2 Å². The van der Waals surface area contributed by atoms with Crippen LogP contribution in [0.25, 0.3) is 0 Å². The number of ether oxygens (including phenoxy) is 2. The molecule has 25 heavy (non-hydrogen) atoms. The van der Waals surface area contributed by atoms with Gasteiger partial charge in [0.1, 0.15) is 17.3 Å². The predicted molar refractivity (Wildman–Crippen MR) is 95.0 cm³/mol. The molecule has 1 aromatic carbocycles. The number of nitrogens with zero attached hydrogens (tertiary/aromatic N) is 1. The molecule has 1 heterocycles. The quantitative estimate of drug-likeness (QED) is 0.763. The first-order chi connectivity index (χ1) is 12.0. The lowest BCUT2D eigenvalue weighted by molar-refractivity contribution is -0.118. The summed E-state index contributed by atoms with van der Waals surface area (Å²) in [6.07, 6.45) is 0.624. The SMILES string of the molecule is CC[C@@H](N[C@H](C)c1cc(OC)ccc1OC)C(=O)Nc1cc(C)on1. The van der Waals surface area contributed by atoms with Crippen molar-refractivity contribution in [1.82, 2.24) is 10.5 Å². The number of rotatable bonds is 8. The van der Waals surface area contributed by atoms with Crippen LogP contribution in [-0.2, 0) is 4.79 Å². The summed E-state index contributed by atoms with van der Waals surface area (Å²) in [6.45, 7) is 5.70. The highest BCUT2D eigenvalue weighted by molar-refractivity contribution is 5.94. The van der Waals surface area contributed by atoms with Gasteiger partial charge in [0.2, 0.25) is 5.91 Å². The number of hydrogen-bond donors (Lipinski definition) is 2. The van der Waals surface area contributed by atoms with E-state index in [2.05, 4.69) is 15.8 Å². The van der Waals surface area contributed by atoms with Crippen molar-refractivity contribution in [2.45, 2.75) is 39.3 Å². The third-order valence-corrected chi connectivity index (χ3v) is 3.96. The number of carbonyl (C=O) groups excluding carboxylic acids is 1. The van der Waals surface area contributed by atoms with E-state index in [9.17, 15) is 4.79 Å². The Balaban J connectivity index is 2.11. The summed E-state index contributed by atoms with van der Waals surface area (Å²) in [5.41, 5.74) is 0.922. The first-order valence-electron chi connectivity index (χ1n) is 8.20. The summed E-state index contributed by atoms with van der Waals surface area (Å²) in [5, 5.41) is 9.88. The van der Waals surface area contributed by atoms with Gasteiger partial charge in [0.05, 0.1) is 20.3 Å². The Kier molecular flexibility index (Phi) is 6.41. The van der Waals surface area contributed by atoms with Crippen molar-refractivity contribution >= 4 is 11.7 Å². The van der Waals surface area contributed by atoms with Gasteiger partial charge < -0.3 is 19.3 Å². The monoisotopic (exact) mass is 347 g/mol. The lowest BCUT2D eigenvalue weighted by Crippen LogP contribution is -2.41. The standard InChI is InChI=1S/C18H25N3O4/c1-6-15(18(22)20-17-9-11(2)25-21-17)19-12(3)14-10-13(23-4)7-8-16(14)24-5/h7-10,12,15,19H,6H2,1-5H3,(H,20,21,22)/t12-,15-/m1/s1. The molecule has 0 spiro atoms. The van der Waals surface area contributed by atoms with Gasteiger partial charge in [-0.1, -0.05) is 12.1 Å². The molecule has 7 heteroatoms. The second-order valence-corrected chi connectivity index (χ2v) is 5.77. The fourth-order valence-corrected chi connectivity index (χ4v) is 2.59. The van der Waals surface area contributed by atoms with Gasteiger partial charge >= 0.3 is 0 Å². The summed E-state index contributed by atoms with van der Waals surface area (Å²) in [7, 11) is 3.24. The number of carbonyl (C=O) groups is 1. The van der Waals surface area contributed by atoms with Gasteiger partial charge in [-0.25, -0.2) is 0 Å². The molecule has 0 saturated carbocycles. The molecule has 2 aromatic rings. The maximum absolute atomic E-state index is 12.5. The van der Waals surface area contributed by atoms with Crippen LogP contribution in [0.15, 0.2) is 28.8 Å². The van der Waals surface area contributed by atoms with Crippen LogP contribution in [0.5, 0.6) is 11.5 Å². The highest BCUT2D eigenvalue weighted by atomic mass is 16.5. The van der Waals surface area contributed by atoms with Crippen molar-refractivity contribution in [3.8, 4) is 11.5 Å². The van der Waals surface area contributed by atoms with E-state index in [1.807, 2.05) is 32.0 Å². The average molecular weight is 347 g/mol. The minimum absolute atomic E-state index is 0.111. The third kappa shape index (κ3) is 4.73. The molecular weight excluding hydrogens is 322 g/mol. The zero-order valence-corrected chi connectivity index (χ0v) is 15.3. The second-order valence-electron chi connectivity index (χ2n) is 5.77. The summed E-state index contributed by atoms with van der Waals surface area (Å²) in [5.74, 6) is 2.37. The van der Waals surface area contributed by atoms with Crippen LogP contribution in [0, 0.1) is 6.92 Å². The minimum Gasteiger partial charge on any atom is -0.497 e. The fourth-order valence-electron chi connectivity index (χ4n) is 2.59. The highest BCUT2D eigenvalue weighted by Crippen LogP contribution is 2.29. The van der Waals surface area contributed by atoms with E-state index < -0.39 is 0 Å². The summed E-state index contributed by atoms with van der Waals surface area (Å²) in [6, 6.07) is 6.78. The Morgan fingerprint density at radius 1 is 1.28 bits per heavy atom. The molecule has 0 aliphatic carbocycles. The van der Waals surface area contributed by atoms with E-state index in [0.29, 0.717) is 18.0 Å². The largest absolute Gasteiger partial charge is 0.497 e. The molecule has 2 atom stereocenters. The van der Waals surface area contributed by atoms with E-state index in [0.717, 1.165) is 17.1 Å². The van der Waals surface area contributed by atoms with Crippen LogP contribution >= 0.6 is 0 Å². The topological polar surface area (TPSA) is 85.6 Å².